The largest absolute Gasteiger partial charge is 0.385 e. The van der Waals surface area contributed by atoms with Crippen molar-refractivity contribution in [3.05, 3.63) is 34.9 Å². The number of hydrogen-bond acceptors (Lipinski definition) is 3. The molecule has 2 aliphatic rings. The van der Waals surface area contributed by atoms with Crippen LogP contribution >= 0.6 is 0 Å². The first-order valence-electron chi connectivity index (χ1n) is 11.1. The fourth-order valence-corrected chi connectivity index (χ4v) is 4.93. The zero-order valence-electron chi connectivity index (χ0n) is 17.3. The van der Waals surface area contributed by atoms with E-state index in [1.165, 1.54) is 38.6 Å². The number of ketones is 1. The monoisotopic (exact) mass is 371 g/mol. The number of piperidine rings is 1. The van der Waals surface area contributed by atoms with Crippen LogP contribution in [0.4, 0.5) is 0 Å². The molecule has 1 aliphatic heterocycles. The SMILES string of the molecule is CCCCc1cc(C2(O)CCN(CC3CCCCC3)CC2)ccc1C(C)=O. The van der Waals surface area contributed by atoms with Crippen LogP contribution in [0.25, 0.3) is 0 Å². The Morgan fingerprint density at radius 2 is 1.89 bits per heavy atom. The second-order valence-electron chi connectivity index (χ2n) is 8.87. The van der Waals surface area contributed by atoms with Crippen molar-refractivity contribution in [2.75, 3.05) is 19.6 Å². The highest BCUT2D eigenvalue weighted by molar-refractivity contribution is 5.95. The molecule has 1 aromatic carbocycles. The number of carbonyl (C=O) groups is 1. The molecule has 3 heteroatoms. The Hall–Kier alpha value is -1.19. The molecule has 0 radical (unpaired) electrons. The lowest BCUT2D eigenvalue weighted by Crippen LogP contribution is -2.44. The number of carbonyl (C=O) groups excluding carboxylic acids is 1. The lowest BCUT2D eigenvalue weighted by Gasteiger charge is -2.40. The summed E-state index contributed by atoms with van der Waals surface area (Å²) in [6.07, 6.45) is 11.7. The van der Waals surface area contributed by atoms with Crippen molar-refractivity contribution in [3.63, 3.8) is 0 Å². The molecule has 27 heavy (non-hydrogen) atoms. The topological polar surface area (TPSA) is 40.5 Å². The summed E-state index contributed by atoms with van der Waals surface area (Å²) in [5.74, 6) is 0.988. The summed E-state index contributed by atoms with van der Waals surface area (Å²) in [6, 6.07) is 6.04. The smallest absolute Gasteiger partial charge is 0.160 e. The molecule has 3 nitrogen and oxygen atoms in total. The van der Waals surface area contributed by atoms with E-state index in [9.17, 15) is 9.90 Å². The molecule has 0 bridgehead atoms. The summed E-state index contributed by atoms with van der Waals surface area (Å²) < 4.78 is 0. The molecule has 0 aromatic heterocycles. The quantitative estimate of drug-likeness (QED) is 0.678. The summed E-state index contributed by atoms with van der Waals surface area (Å²) in [5.41, 5.74) is 2.21. The van der Waals surface area contributed by atoms with Gasteiger partial charge in [0.05, 0.1) is 5.60 Å². The van der Waals surface area contributed by atoms with Gasteiger partial charge in [0.1, 0.15) is 0 Å². The second kappa shape index (κ2) is 9.34. The van der Waals surface area contributed by atoms with E-state index < -0.39 is 5.60 Å². The first kappa shape index (κ1) is 20.5. The van der Waals surface area contributed by atoms with Crippen LogP contribution in [-0.4, -0.2) is 35.4 Å². The average molecular weight is 372 g/mol. The molecule has 1 heterocycles. The number of aryl methyl sites for hydroxylation is 1. The molecule has 0 atom stereocenters. The van der Waals surface area contributed by atoms with Gasteiger partial charge in [-0.25, -0.2) is 0 Å². The summed E-state index contributed by atoms with van der Waals surface area (Å²) in [5, 5.41) is 11.3. The third kappa shape index (κ3) is 5.20. The Kier molecular flexibility index (Phi) is 7.10. The normalized spacial score (nSPS) is 21.3. The summed E-state index contributed by atoms with van der Waals surface area (Å²) in [6.45, 7) is 6.98. The second-order valence-corrected chi connectivity index (χ2v) is 8.87. The van der Waals surface area contributed by atoms with Gasteiger partial charge in [-0.05, 0) is 62.5 Å². The Bertz CT molecular complexity index is 625. The van der Waals surface area contributed by atoms with Gasteiger partial charge in [-0.15, -0.1) is 0 Å². The molecule has 3 rings (SSSR count). The molecular weight excluding hydrogens is 334 g/mol. The molecule has 0 spiro atoms. The fourth-order valence-electron chi connectivity index (χ4n) is 4.93. The van der Waals surface area contributed by atoms with Crippen molar-refractivity contribution < 1.29 is 9.90 Å². The maximum Gasteiger partial charge on any atom is 0.160 e. The maximum atomic E-state index is 12.0. The van der Waals surface area contributed by atoms with Gasteiger partial charge in [-0.3, -0.25) is 4.79 Å². The molecule has 0 amide bonds. The van der Waals surface area contributed by atoms with Crippen LogP contribution in [0.15, 0.2) is 18.2 Å². The Morgan fingerprint density at radius 3 is 2.52 bits per heavy atom. The predicted octanol–water partition coefficient (Wildman–Crippen LogP) is 5.10. The van der Waals surface area contributed by atoms with Crippen LogP contribution < -0.4 is 0 Å². The molecule has 2 fully saturated rings. The summed E-state index contributed by atoms with van der Waals surface area (Å²) >= 11 is 0. The van der Waals surface area contributed by atoms with E-state index in [2.05, 4.69) is 17.9 Å². The predicted molar refractivity (Wildman–Crippen MR) is 111 cm³/mol. The number of aliphatic hydroxyl groups is 1. The van der Waals surface area contributed by atoms with Gasteiger partial charge in [0.15, 0.2) is 5.78 Å². The Labute approximate surface area is 165 Å². The molecule has 1 saturated heterocycles. The van der Waals surface area contributed by atoms with E-state index in [1.807, 2.05) is 12.1 Å². The van der Waals surface area contributed by atoms with Crippen LogP contribution in [-0.2, 0) is 12.0 Å². The van der Waals surface area contributed by atoms with Gasteiger partial charge in [-0.1, -0.05) is 50.8 Å². The van der Waals surface area contributed by atoms with E-state index >= 15 is 0 Å². The van der Waals surface area contributed by atoms with Crippen molar-refractivity contribution in [2.24, 2.45) is 5.92 Å². The molecular formula is C24H37NO2. The number of nitrogens with zero attached hydrogens (tertiary/aromatic N) is 1. The van der Waals surface area contributed by atoms with Gasteiger partial charge in [0, 0.05) is 25.2 Å². The van der Waals surface area contributed by atoms with Crippen molar-refractivity contribution in [1.29, 1.82) is 0 Å². The molecule has 0 unspecified atom stereocenters. The Morgan fingerprint density at radius 1 is 1.19 bits per heavy atom. The van der Waals surface area contributed by atoms with Crippen molar-refractivity contribution >= 4 is 5.78 Å². The van der Waals surface area contributed by atoms with Crippen LogP contribution in [0.5, 0.6) is 0 Å². The van der Waals surface area contributed by atoms with Crippen molar-refractivity contribution in [2.45, 2.75) is 83.7 Å². The highest BCUT2D eigenvalue weighted by atomic mass is 16.3. The highest BCUT2D eigenvalue weighted by Gasteiger charge is 2.35. The first-order valence-corrected chi connectivity index (χ1v) is 11.1. The molecule has 1 N–H and O–H groups in total. The zero-order chi connectivity index (χ0) is 19.3. The minimum Gasteiger partial charge on any atom is -0.385 e. The lowest BCUT2D eigenvalue weighted by atomic mass is 9.81. The van der Waals surface area contributed by atoms with E-state index in [4.69, 9.17) is 0 Å². The first-order chi connectivity index (χ1) is 13.0. The third-order valence-electron chi connectivity index (χ3n) is 6.75. The van der Waals surface area contributed by atoms with Gasteiger partial charge >= 0.3 is 0 Å². The van der Waals surface area contributed by atoms with Crippen molar-refractivity contribution in [1.82, 2.24) is 4.90 Å². The number of Topliss-reactive ketones (excluding diaryl/α,β-unsaturated/α-hetero) is 1. The summed E-state index contributed by atoms with van der Waals surface area (Å²) in [4.78, 5) is 14.5. The molecule has 150 valence electrons. The number of rotatable bonds is 7. The van der Waals surface area contributed by atoms with E-state index in [0.29, 0.717) is 0 Å². The highest BCUT2D eigenvalue weighted by Crippen LogP contribution is 2.35. The third-order valence-corrected chi connectivity index (χ3v) is 6.75. The number of hydrogen-bond donors (Lipinski definition) is 1. The standard InChI is InChI=1S/C24H37NO2/c1-3-4-10-21-17-22(11-12-23(21)19(2)26)24(27)13-15-25(16-14-24)18-20-8-6-5-7-9-20/h11-12,17,20,27H,3-10,13-16,18H2,1-2H3. The molecule has 1 aliphatic carbocycles. The van der Waals surface area contributed by atoms with E-state index in [-0.39, 0.29) is 5.78 Å². The van der Waals surface area contributed by atoms with Crippen LogP contribution in [0, 0.1) is 5.92 Å². The number of unbranched alkanes of at least 4 members (excludes halogenated alkanes) is 1. The van der Waals surface area contributed by atoms with Crippen LogP contribution in [0.2, 0.25) is 0 Å². The van der Waals surface area contributed by atoms with Gasteiger partial charge < -0.3 is 10.0 Å². The van der Waals surface area contributed by atoms with Crippen LogP contribution in [0.3, 0.4) is 0 Å². The fraction of sp³-hybridized carbons (Fsp3) is 0.708. The summed E-state index contributed by atoms with van der Waals surface area (Å²) in [7, 11) is 0. The van der Waals surface area contributed by atoms with Crippen LogP contribution in [0.1, 0.15) is 93.1 Å². The lowest BCUT2D eigenvalue weighted by molar-refractivity contribution is -0.0298. The minimum absolute atomic E-state index is 0.127. The Balaban J connectivity index is 1.66. The number of benzene rings is 1. The van der Waals surface area contributed by atoms with Gasteiger partial charge in [-0.2, -0.15) is 0 Å². The van der Waals surface area contributed by atoms with Crippen molar-refractivity contribution in [3.8, 4) is 0 Å². The van der Waals surface area contributed by atoms with Gasteiger partial charge in [0.25, 0.3) is 0 Å². The molecule has 1 aromatic rings. The van der Waals surface area contributed by atoms with E-state index in [1.54, 1.807) is 6.92 Å². The van der Waals surface area contributed by atoms with E-state index in [0.717, 1.165) is 67.8 Å². The zero-order valence-corrected chi connectivity index (χ0v) is 17.3. The number of likely N-dealkylation sites (tertiary alicyclic amines) is 1. The van der Waals surface area contributed by atoms with Gasteiger partial charge in [0.2, 0.25) is 0 Å². The minimum atomic E-state index is -0.737. The maximum absolute atomic E-state index is 12.0. The molecule has 1 saturated carbocycles. The average Bonchev–Trinajstić information content (AvgIpc) is 2.69.